The molecule has 1 aromatic heterocycles. The van der Waals surface area contributed by atoms with Gasteiger partial charge >= 0.3 is 0 Å². The predicted octanol–water partition coefficient (Wildman–Crippen LogP) is 2.40. The third-order valence-corrected chi connectivity index (χ3v) is 4.21. The van der Waals surface area contributed by atoms with Crippen LogP contribution < -0.4 is 10.5 Å². The van der Waals surface area contributed by atoms with Crippen molar-refractivity contribution in [2.24, 2.45) is 0 Å². The van der Waals surface area contributed by atoms with Gasteiger partial charge in [0.05, 0.1) is 0 Å². The van der Waals surface area contributed by atoms with Gasteiger partial charge in [0.25, 0.3) is 5.56 Å². The average molecular weight is 271 g/mol. The SMILES string of the molecule is O=c1[nH]cccc1-c1cc[c]c(N2CCSCC2)c1. The minimum Gasteiger partial charge on any atom is -0.369 e. The quantitative estimate of drug-likeness (QED) is 0.911. The van der Waals surface area contributed by atoms with Crippen LogP contribution in [-0.2, 0) is 0 Å². The molecule has 1 N–H and O–H groups in total. The lowest BCUT2D eigenvalue weighted by Gasteiger charge is -2.28. The van der Waals surface area contributed by atoms with Gasteiger partial charge < -0.3 is 9.88 Å². The van der Waals surface area contributed by atoms with Crippen LogP contribution >= 0.6 is 11.8 Å². The third-order valence-electron chi connectivity index (χ3n) is 3.27. The van der Waals surface area contributed by atoms with Crippen molar-refractivity contribution < 1.29 is 0 Å². The number of hydrogen-bond acceptors (Lipinski definition) is 3. The van der Waals surface area contributed by atoms with Crippen molar-refractivity contribution in [3.05, 3.63) is 52.9 Å². The van der Waals surface area contributed by atoms with Crippen molar-refractivity contribution in [1.29, 1.82) is 0 Å². The molecule has 1 radical (unpaired) electrons. The smallest absolute Gasteiger partial charge is 0.255 e. The maximum absolute atomic E-state index is 11.8. The molecular weight excluding hydrogens is 256 g/mol. The molecule has 0 amide bonds. The van der Waals surface area contributed by atoms with E-state index in [0.717, 1.165) is 35.8 Å². The van der Waals surface area contributed by atoms with E-state index in [1.54, 1.807) is 6.20 Å². The molecule has 1 aliphatic rings. The maximum atomic E-state index is 11.8. The summed E-state index contributed by atoms with van der Waals surface area (Å²) in [6.07, 6.45) is 1.66. The number of anilines is 1. The predicted molar refractivity (Wildman–Crippen MR) is 80.9 cm³/mol. The fourth-order valence-corrected chi connectivity index (χ4v) is 3.16. The molecule has 1 aliphatic heterocycles. The Morgan fingerprint density at radius 3 is 2.89 bits per heavy atom. The Bertz CT molecular complexity index is 617. The van der Waals surface area contributed by atoms with Gasteiger partial charge in [-0.2, -0.15) is 11.8 Å². The molecule has 1 fully saturated rings. The van der Waals surface area contributed by atoms with Crippen LogP contribution in [0.4, 0.5) is 5.69 Å². The normalized spacial score (nSPS) is 15.5. The zero-order valence-electron chi connectivity index (χ0n) is 10.6. The van der Waals surface area contributed by atoms with Gasteiger partial charge in [0, 0.05) is 48.1 Å². The summed E-state index contributed by atoms with van der Waals surface area (Å²) in [6, 6.07) is 12.9. The molecule has 3 nitrogen and oxygen atoms in total. The van der Waals surface area contributed by atoms with Crippen LogP contribution in [0.5, 0.6) is 0 Å². The van der Waals surface area contributed by atoms with Crippen molar-refractivity contribution in [3.63, 3.8) is 0 Å². The molecule has 0 saturated carbocycles. The summed E-state index contributed by atoms with van der Waals surface area (Å²) >= 11 is 1.99. The third kappa shape index (κ3) is 2.68. The van der Waals surface area contributed by atoms with E-state index in [4.69, 9.17) is 0 Å². The summed E-state index contributed by atoms with van der Waals surface area (Å²) in [4.78, 5) is 16.9. The molecule has 2 heterocycles. The van der Waals surface area contributed by atoms with E-state index in [9.17, 15) is 4.79 Å². The van der Waals surface area contributed by atoms with Crippen LogP contribution in [0.15, 0.2) is 41.3 Å². The highest BCUT2D eigenvalue weighted by Gasteiger charge is 2.12. The Balaban J connectivity index is 1.96. The van der Waals surface area contributed by atoms with Gasteiger partial charge in [-0.05, 0) is 23.8 Å². The monoisotopic (exact) mass is 271 g/mol. The van der Waals surface area contributed by atoms with Crippen molar-refractivity contribution in [3.8, 4) is 11.1 Å². The fourth-order valence-electron chi connectivity index (χ4n) is 2.26. The molecule has 0 spiro atoms. The molecule has 1 saturated heterocycles. The number of aromatic amines is 1. The maximum Gasteiger partial charge on any atom is 0.255 e. The van der Waals surface area contributed by atoms with Gasteiger partial charge in [0.2, 0.25) is 0 Å². The van der Waals surface area contributed by atoms with Gasteiger partial charge in [-0.1, -0.05) is 12.1 Å². The highest BCUT2D eigenvalue weighted by Crippen LogP contribution is 2.24. The van der Waals surface area contributed by atoms with Crippen LogP contribution in [0.3, 0.4) is 0 Å². The first-order valence-corrected chi connectivity index (χ1v) is 7.52. The molecule has 19 heavy (non-hydrogen) atoms. The zero-order valence-corrected chi connectivity index (χ0v) is 11.4. The first-order valence-electron chi connectivity index (χ1n) is 6.37. The summed E-state index contributed by atoms with van der Waals surface area (Å²) in [6.45, 7) is 2.10. The number of aromatic nitrogens is 1. The van der Waals surface area contributed by atoms with E-state index < -0.39 is 0 Å². The second kappa shape index (κ2) is 5.53. The lowest BCUT2D eigenvalue weighted by atomic mass is 10.1. The van der Waals surface area contributed by atoms with Crippen LogP contribution in [-0.4, -0.2) is 29.6 Å². The van der Waals surface area contributed by atoms with Crippen LogP contribution in [0.1, 0.15) is 0 Å². The second-order valence-corrected chi connectivity index (χ2v) is 5.70. The van der Waals surface area contributed by atoms with Gasteiger partial charge in [-0.25, -0.2) is 0 Å². The summed E-state index contributed by atoms with van der Waals surface area (Å²) in [5.41, 5.74) is 2.70. The molecule has 4 heteroatoms. The van der Waals surface area contributed by atoms with Crippen molar-refractivity contribution >= 4 is 17.4 Å². The van der Waals surface area contributed by atoms with E-state index in [1.165, 1.54) is 0 Å². The number of pyridine rings is 1. The molecule has 0 bridgehead atoms. The number of hydrogen-bond donors (Lipinski definition) is 1. The largest absolute Gasteiger partial charge is 0.369 e. The number of benzene rings is 1. The molecule has 97 valence electrons. The summed E-state index contributed by atoms with van der Waals surface area (Å²) < 4.78 is 0. The second-order valence-electron chi connectivity index (χ2n) is 4.47. The molecule has 0 atom stereocenters. The van der Waals surface area contributed by atoms with Crippen LogP contribution in [0, 0.1) is 6.07 Å². The van der Waals surface area contributed by atoms with E-state index in [1.807, 2.05) is 36.0 Å². The van der Waals surface area contributed by atoms with Crippen molar-refractivity contribution in [2.75, 3.05) is 29.5 Å². The Labute approximate surface area is 116 Å². The first kappa shape index (κ1) is 12.4. The number of H-pyrrole nitrogens is 1. The number of thioether (sulfide) groups is 1. The minimum absolute atomic E-state index is 0.0474. The molecular formula is C15H15N2OS. The standard InChI is InChI=1S/C15H15N2OS/c18-15-14(5-2-6-16-15)12-3-1-4-13(11-12)17-7-9-19-10-8-17/h1-3,5-6,11H,7-10H2,(H,16,18). The number of nitrogens with zero attached hydrogens (tertiary/aromatic N) is 1. The summed E-state index contributed by atoms with van der Waals surface area (Å²) in [5, 5.41) is 0. The summed E-state index contributed by atoms with van der Waals surface area (Å²) in [5.74, 6) is 2.31. The van der Waals surface area contributed by atoms with Gasteiger partial charge in [-0.3, -0.25) is 4.79 Å². The zero-order chi connectivity index (χ0) is 13.1. The topological polar surface area (TPSA) is 36.1 Å². The Hall–Kier alpha value is -1.68. The molecule has 0 aliphatic carbocycles. The lowest BCUT2D eigenvalue weighted by molar-refractivity contribution is 0.858. The van der Waals surface area contributed by atoms with Gasteiger partial charge in [-0.15, -0.1) is 0 Å². The van der Waals surface area contributed by atoms with E-state index in [2.05, 4.69) is 22.0 Å². The lowest BCUT2D eigenvalue weighted by Crippen LogP contribution is -2.32. The first-order chi connectivity index (χ1) is 9.34. The van der Waals surface area contributed by atoms with E-state index in [0.29, 0.717) is 5.56 Å². The van der Waals surface area contributed by atoms with E-state index >= 15 is 0 Å². The minimum atomic E-state index is -0.0474. The number of nitrogens with one attached hydrogen (secondary N) is 1. The number of rotatable bonds is 2. The van der Waals surface area contributed by atoms with Crippen LogP contribution in [0.2, 0.25) is 0 Å². The molecule has 2 aromatic rings. The van der Waals surface area contributed by atoms with E-state index in [-0.39, 0.29) is 5.56 Å². The fraction of sp³-hybridized carbons (Fsp3) is 0.267. The van der Waals surface area contributed by atoms with Crippen LogP contribution in [0.25, 0.3) is 11.1 Å². The summed E-state index contributed by atoms with van der Waals surface area (Å²) in [7, 11) is 0. The average Bonchev–Trinajstić information content (AvgIpc) is 2.49. The Morgan fingerprint density at radius 1 is 1.26 bits per heavy atom. The van der Waals surface area contributed by atoms with Gasteiger partial charge in [0.15, 0.2) is 0 Å². The Morgan fingerprint density at radius 2 is 2.11 bits per heavy atom. The van der Waals surface area contributed by atoms with Crippen molar-refractivity contribution in [2.45, 2.75) is 0 Å². The van der Waals surface area contributed by atoms with Gasteiger partial charge in [0.1, 0.15) is 0 Å². The highest BCUT2D eigenvalue weighted by atomic mass is 32.2. The molecule has 0 unspecified atom stereocenters. The highest BCUT2D eigenvalue weighted by molar-refractivity contribution is 7.99. The molecule has 3 rings (SSSR count). The van der Waals surface area contributed by atoms with Crippen molar-refractivity contribution in [1.82, 2.24) is 4.98 Å². The Kier molecular flexibility index (Phi) is 3.60. The molecule has 1 aromatic carbocycles.